The zero-order valence-corrected chi connectivity index (χ0v) is 19.8. The number of rotatable bonds is 7. The number of para-hydroxylation sites is 1. The van der Waals surface area contributed by atoms with E-state index in [1.807, 2.05) is 54.4 Å². The van der Waals surface area contributed by atoms with Gasteiger partial charge in [0.2, 0.25) is 12.0 Å². The van der Waals surface area contributed by atoms with E-state index in [1.165, 1.54) is 0 Å². The van der Waals surface area contributed by atoms with Crippen molar-refractivity contribution in [3.63, 3.8) is 0 Å². The summed E-state index contributed by atoms with van der Waals surface area (Å²) in [4.78, 5) is 0. The van der Waals surface area contributed by atoms with E-state index in [0.717, 1.165) is 40.3 Å². The summed E-state index contributed by atoms with van der Waals surface area (Å²) in [6.07, 6.45) is 0.323. The molecule has 7 nitrogen and oxygen atoms in total. The maximum Gasteiger partial charge on any atom is 0.214 e. The van der Waals surface area contributed by atoms with Gasteiger partial charge in [-0.2, -0.15) is 5.10 Å². The molecular weight excluding hydrogens is 432 g/mol. The van der Waals surface area contributed by atoms with E-state index < -0.39 is 6.23 Å². The Balaban J connectivity index is 1.57. The molecule has 0 aromatic heterocycles. The molecule has 0 radical (unpaired) electrons. The van der Waals surface area contributed by atoms with Gasteiger partial charge in [-0.25, -0.2) is 5.01 Å². The van der Waals surface area contributed by atoms with E-state index in [9.17, 15) is 0 Å². The molecule has 0 saturated heterocycles. The number of benzene rings is 3. The smallest absolute Gasteiger partial charge is 0.214 e. The highest BCUT2D eigenvalue weighted by molar-refractivity contribution is 6.02. The fourth-order valence-corrected chi connectivity index (χ4v) is 4.58. The van der Waals surface area contributed by atoms with Gasteiger partial charge >= 0.3 is 0 Å². The van der Waals surface area contributed by atoms with Gasteiger partial charge in [-0.05, 0) is 55.0 Å². The van der Waals surface area contributed by atoms with Gasteiger partial charge in [-0.15, -0.1) is 0 Å². The van der Waals surface area contributed by atoms with Crippen LogP contribution in [0.1, 0.15) is 42.3 Å². The fourth-order valence-electron chi connectivity index (χ4n) is 4.58. The van der Waals surface area contributed by atoms with Crippen LogP contribution in [0.25, 0.3) is 0 Å². The highest BCUT2D eigenvalue weighted by atomic mass is 16.5. The van der Waals surface area contributed by atoms with E-state index in [1.54, 1.807) is 21.3 Å². The molecule has 3 aromatic carbocycles. The van der Waals surface area contributed by atoms with Crippen LogP contribution < -0.4 is 23.7 Å². The lowest BCUT2D eigenvalue weighted by Crippen LogP contribution is -2.33. The predicted octanol–water partition coefficient (Wildman–Crippen LogP) is 5.35. The standard InChI is InChI=1S/C27H28N2O5/c1-5-33-19-12-10-17(11-13-19)21-16-22-20-8-6-7-9-23(20)34-27(29(22)28-21)18-14-24(30-2)26(32-4)25(15-18)31-3/h6-15,22,27H,5,16H2,1-4H3/t22-,27-/m1/s1. The number of hydrazone groups is 1. The van der Waals surface area contributed by atoms with Crippen LogP contribution in [0.4, 0.5) is 0 Å². The van der Waals surface area contributed by atoms with Crippen LogP contribution in [0.15, 0.2) is 65.8 Å². The molecule has 0 N–H and O–H groups in total. The molecule has 0 fully saturated rings. The average molecular weight is 461 g/mol. The Kier molecular flexibility index (Phi) is 5.92. The normalized spacial score (nSPS) is 18.4. The van der Waals surface area contributed by atoms with Gasteiger partial charge in [-0.3, -0.25) is 0 Å². The molecular formula is C27H28N2O5. The van der Waals surface area contributed by atoms with Crippen LogP contribution in [-0.2, 0) is 0 Å². The molecule has 2 atom stereocenters. The van der Waals surface area contributed by atoms with Gasteiger partial charge in [0.05, 0.1) is 39.7 Å². The topological polar surface area (TPSA) is 61.8 Å². The van der Waals surface area contributed by atoms with Crippen LogP contribution in [0.3, 0.4) is 0 Å². The van der Waals surface area contributed by atoms with E-state index >= 15 is 0 Å². The van der Waals surface area contributed by atoms with Crippen molar-refractivity contribution in [2.75, 3.05) is 27.9 Å². The Morgan fingerprint density at radius 2 is 1.65 bits per heavy atom. The number of methoxy groups -OCH3 is 3. The summed E-state index contributed by atoms with van der Waals surface area (Å²) < 4.78 is 28.8. The van der Waals surface area contributed by atoms with Gasteiger partial charge in [0.25, 0.3) is 0 Å². The highest BCUT2D eigenvalue weighted by Crippen LogP contribution is 2.49. The van der Waals surface area contributed by atoms with Crippen LogP contribution in [0.2, 0.25) is 0 Å². The first-order valence-corrected chi connectivity index (χ1v) is 11.3. The molecule has 3 aromatic rings. The highest BCUT2D eigenvalue weighted by Gasteiger charge is 2.41. The van der Waals surface area contributed by atoms with Gasteiger partial charge in [0, 0.05) is 17.5 Å². The Hall–Kier alpha value is -3.87. The molecule has 34 heavy (non-hydrogen) atoms. The first kappa shape index (κ1) is 21.9. The Labute approximate surface area is 199 Å². The van der Waals surface area contributed by atoms with Crippen LogP contribution in [-0.4, -0.2) is 38.7 Å². The minimum Gasteiger partial charge on any atom is -0.494 e. The summed E-state index contributed by atoms with van der Waals surface area (Å²) in [7, 11) is 4.81. The Bertz CT molecular complexity index is 1180. The first-order chi connectivity index (χ1) is 16.7. The fraction of sp³-hybridized carbons (Fsp3) is 0.296. The number of hydrogen-bond donors (Lipinski definition) is 0. The summed E-state index contributed by atoms with van der Waals surface area (Å²) in [5, 5.41) is 7.07. The third kappa shape index (κ3) is 3.77. The van der Waals surface area contributed by atoms with Crippen LogP contribution in [0.5, 0.6) is 28.7 Å². The summed E-state index contributed by atoms with van der Waals surface area (Å²) >= 11 is 0. The van der Waals surface area contributed by atoms with E-state index in [2.05, 4.69) is 18.2 Å². The predicted molar refractivity (Wildman–Crippen MR) is 129 cm³/mol. The molecule has 2 heterocycles. The molecule has 176 valence electrons. The first-order valence-electron chi connectivity index (χ1n) is 11.3. The lowest BCUT2D eigenvalue weighted by molar-refractivity contribution is -0.0192. The van der Waals surface area contributed by atoms with Crippen LogP contribution >= 0.6 is 0 Å². The SMILES string of the molecule is CCOc1ccc(C2=NN3[C@H](C2)c2ccccc2O[C@@H]3c2cc(OC)c(OC)c(OC)c2)cc1. The lowest BCUT2D eigenvalue weighted by Gasteiger charge is -2.38. The maximum atomic E-state index is 6.49. The van der Waals surface area contributed by atoms with E-state index in [0.29, 0.717) is 23.9 Å². The van der Waals surface area contributed by atoms with E-state index in [4.69, 9.17) is 28.8 Å². The number of hydrogen-bond acceptors (Lipinski definition) is 7. The monoisotopic (exact) mass is 460 g/mol. The number of nitrogens with zero attached hydrogens (tertiary/aromatic N) is 2. The van der Waals surface area contributed by atoms with Crippen molar-refractivity contribution in [3.8, 4) is 28.7 Å². The summed E-state index contributed by atoms with van der Waals surface area (Å²) in [5.41, 5.74) is 4.06. The van der Waals surface area contributed by atoms with Crippen molar-refractivity contribution in [1.29, 1.82) is 0 Å². The minimum absolute atomic E-state index is 0.0515. The largest absolute Gasteiger partial charge is 0.494 e. The molecule has 5 rings (SSSR count). The molecule has 2 aliphatic rings. The van der Waals surface area contributed by atoms with Gasteiger partial charge < -0.3 is 23.7 Å². The van der Waals surface area contributed by atoms with Crippen molar-refractivity contribution in [2.24, 2.45) is 5.10 Å². The number of fused-ring (bicyclic) bond motifs is 3. The van der Waals surface area contributed by atoms with Gasteiger partial charge in [0.1, 0.15) is 11.5 Å². The van der Waals surface area contributed by atoms with Crippen molar-refractivity contribution in [2.45, 2.75) is 25.6 Å². The summed E-state index contributed by atoms with van der Waals surface area (Å²) in [6, 6.07) is 20.1. The van der Waals surface area contributed by atoms with Crippen molar-refractivity contribution in [1.82, 2.24) is 5.01 Å². The molecule has 0 saturated carbocycles. The average Bonchev–Trinajstić information content (AvgIpc) is 3.33. The molecule has 0 bridgehead atoms. The maximum absolute atomic E-state index is 6.49. The molecule has 0 aliphatic carbocycles. The second-order valence-corrected chi connectivity index (χ2v) is 8.07. The molecule has 2 aliphatic heterocycles. The third-order valence-corrected chi connectivity index (χ3v) is 6.17. The molecule has 7 heteroatoms. The Morgan fingerprint density at radius 3 is 2.29 bits per heavy atom. The molecule has 0 unspecified atom stereocenters. The minimum atomic E-state index is -0.450. The van der Waals surface area contributed by atoms with Crippen LogP contribution in [0, 0.1) is 0 Å². The number of ether oxygens (including phenoxy) is 5. The van der Waals surface area contributed by atoms with Gasteiger partial charge in [0.15, 0.2) is 11.5 Å². The zero-order valence-electron chi connectivity index (χ0n) is 19.8. The molecule has 0 spiro atoms. The molecule has 0 amide bonds. The lowest BCUT2D eigenvalue weighted by atomic mass is 9.96. The summed E-state index contributed by atoms with van der Waals surface area (Å²) in [6.45, 7) is 2.62. The summed E-state index contributed by atoms with van der Waals surface area (Å²) in [5.74, 6) is 3.40. The second-order valence-electron chi connectivity index (χ2n) is 8.07. The zero-order chi connectivity index (χ0) is 23.7. The quantitative estimate of drug-likeness (QED) is 0.474. The van der Waals surface area contributed by atoms with E-state index in [-0.39, 0.29) is 6.04 Å². The van der Waals surface area contributed by atoms with Crippen molar-refractivity contribution in [3.05, 3.63) is 77.4 Å². The second kappa shape index (κ2) is 9.17. The van der Waals surface area contributed by atoms with Crippen molar-refractivity contribution < 1.29 is 23.7 Å². The van der Waals surface area contributed by atoms with Gasteiger partial charge in [-0.1, -0.05) is 18.2 Å². The van der Waals surface area contributed by atoms with Crippen molar-refractivity contribution >= 4 is 5.71 Å². The third-order valence-electron chi connectivity index (χ3n) is 6.17. The Morgan fingerprint density at radius 1 is 0.941 bits per heavy atom.